The number of fused-ring (bicyclic) bond motifs is 1. The van der Waals surface area contributed by atoms with Gasteiger partial charge in [-0.05, 0) is 31.9 Å². The van der Waals surface area contributed by atoms with Crippen LogP contribution in [0.2, 0.25) is 0 Å². The number of aromatic nitrogens is 1. The average molecular weight is 369 g/mol. The summed E-state index contributed by atoms with van der Waals surface area (Å²) >= 11 is 0. The number of hydrogen-bond acceptors (Lipinski definition) is 5. The molecule has 0 saturated carbocycles. The van der Waals surface area contributed by atoms with Crippen LogP contribution in [0.25, 0.3) is 10.9 Å². The molecular weight excluding hydrogens is 342 g/mol. The molecule has 6 nitrogen and oxygen atoms in total. The van der Waals surface area contributed by atoms with Crippen LogP contribution in [0.15, 0.2) is 24.3 Å². The smallest absolute Gasteiger partial charge is 0.254 e. The monoisotopic (exact) mass is 369 g/mol. The maximum absolute atomic E-state index is 13.3. The lowest BCUT2D eigenvalue weighted by molar-refractivity contribution is 0.0726. The zero-order valence-corrected chi connectivity index (χ0v) is 16.0. The highest BCUT2D eigenvalue weighted by Gasteiger charge is 2.33. The molecule has 6 heteroatoms. The topological polar surface area (TPSA) is 65.9 Å². The molecule has 2 fully saturated rings. The van der Waals surface area contributed by atoms with Crippen molar-refractivity contribution in [2.45, 2.75) is 32.4 Å². The molecule has 3 heterocycles. The second-order valence-electron chi connectivity index (χ2n) is 7.64. The van der Waals surface area contributed by atoms with Crippen LogP contribution < -0.4 is 0 Å². The van der Waals surface area contributed by atoms with E-state index >= 15 is 0 Å². The molecule has 2 aliphatic heterocycles. The van der Waals surface area contributed by atoms with E-state index in [2.05, 4.69) is 9.88 Å². The van der Waals surface area contributed by atoms with Crippen molar-refractivity contribution in [3.63, 3.8) is 0 Å². The number of aliphatic hydroxyl groups excluding tert-OH is 1. The molecule has 2 aromatic rings. The van der Waals surface area contributed by atoms with Crippen LogP contribution in [-0.2, 0) is 4.74 Å². The first-order valence-electron chi connectivity index (χ1n) is 9.70. The summed E-state index contributed by atoms with van der Waals surface area (Å²) in [5.74, 6) is 0.0705. The molecule has 27 heavy (non-hydrogen) atoms. The molecule has 144 valence electrons. The molecule has 2 atom stereocenters. The number of pyridine rings is 1. The Hall–Kier alpha value is -2.02. The molecule has 0 aliphatic carbocycles. The van der Waals surface area contributed by atoms with Gasteiger partial charge in [0.25, 0.3) is 5.91 Å². The molecule has 4 rings (SSSR count). The summed E-state index contributed by atoms with van der Waals surface area (Å²) in [4.78, 5) is 22.2. The third-order valence-corrected chi connectivity index (χ3v) is 5.71. The molecule has 2 saturated heterocycles. The van der Waals surface area contributed by atoms with Crippen LogP contribution >= 0.6 is 0 Å². The van der Waals surface area contributed by atoms with E-state index in [0.717, 1.165) is 53.8 Å². The van der Waals surface area contributed by atoms with E-state index < -0.39 is 6.10 Å². The van der Waals surface area contributed by atoms with Crippen molar-refractivity contribution in [2.75, 3.05) is 39.4 Å². The third-order valence-electron chi connectivity index (χ3n) is 5.71. The van der Waals surface area contributed by atoms with Crippen LogP contribution in [0, 0.1) is 13.8 Å². The Morgan fingerprint density at radius 1 is 1.19 bits per heavy atom. The van der Waals surface area contributed by atoms with E-state index in [1.165, 1.54) is 0 Å². The fourth-order valence-corrected chi connectivity index (χ4v) is 4.22. The summed E-state index contributed by atoms with van der Waals surface area (Å²) in [6.07, 6.45) is 0.470. The maximum atomic E-state index is 13.3. The fourth-order valence-electron chi connectivity index (χ4n) is 4.22. The highest BCUT2D eigenvalue weighted by molar-refractivity contribution is 6.06. The fraction of sp³-hybridized carbons (Fsp3) is 0.524. The standard InChI is InChI=1S/C21H27N3O3/c1-14-5-3-6-16-17(11-15(2)22-20(14)16)21(26)24-8-4-7-23(9-10-24)18-12-27-13-19(18)25/h3,5-6,11,18-19,25H,4,7-10,12-13H2,1-2H3/t18-,19-/m1/s1. The molecule has 2 aliphatic rings. The van der Waals surface area contributed by atoms with Gasteiger partial charge in [-0.1, -0.05) is 18.2 Å². The van der Waals surface area contributed by atoms with Crippen LogP contribution in [0.4, 0.5) is 0 Å². The molecule has 1 amide bonds. The Morgan fingerprint density at radius 2 is 2.04 bits per heavy atom. The number of amides is 1. The van der Waals surface area contributed by atoms with Gasteiger partial charge >= 0.3 is 0 Å². The average Bonchev–Trinajstić information content (AvgIpc) is 2.93. The van der Waals surface area contributed by atoms with Gasteiger partial charge in [0.05, 0.1) is 36.4 Å². The van der Waals surface area contributed by atoms with Gasteiger partial charge in [0.15, 0.2) is 0 Å². The number of ether oxygens (including phenoxy) is 1. The van der Waals surface area contributed by atoms with E-state index in [0.29, 0.717) is 19.8 Å². The summed E-state index contributed by atoms with van der Waals surface area (Å²) in [7, 11) is 0. The Labute approximate surface area is 159 Å². The first-order valence-corrected chi connectivity index (χ1v) is 9.70. The Morgan fingerprint density at radius 3 is 2.81 bits per heavy atom. The van der Waals surface area contributed by atoms with Crippen molar-refractivity contribution in [3.05, 3.63) is 41.1 Å². The van der Waals surface area contributed by atoms with Gasteiger partial charge in [-0.25, -0.2) is 0 Å². The van der Waals surface area contributed by atoms with Gasteiger partial charge in [0.2, 0.25) is 0 Å². The maximum Gasteiger partial charge on any atom is 0.254 e. The second kappa shape index (κ2) is 7.54. The lowest BCUT2D eigenvalue weighted by atomic mass is 10.0. The van der Waals surface area contributed by atoms with Gasteiger partial charge in [0, 0.05) is 37.3 Å². The highest BCUT2D eigenvalue weighted by atomic mass is 16.5. The first-order chi connectivity index (χ1) is 13.0. The number of benzene rings is 1. The van der Waals surface area contributed by atoms with E-state index in [-0.39, 0.29) is 11.9 Å². The molecule has 0 unspecified atom stereocenters. The van der Waals surface area contributed by atoms with Crippen LogP contribution in [0.1, 0.15) is 28.0 Å². The highest BCUT2D eigenvalue weighted by Crippen LogP contribution is 2.24. The molecule has 0 spiro atoms. The predicted molar refractivity (Wildman–Crippen MR) is 104 cm³/mol. The van der Waals surface area contributed by atoms with E-state index in [1.54, 1.807) is 0 Å². The van der Waals surface area contributed by atoms with Crippen LogP contribution in [0.3, 0.4) is 0 Å². The predicted octanol–water partition coefficient (Wildman–Crippen LogP) is 1.76. The van der Waals surface area contributed by atoms with E-state index in [9.17, 15) is 9.90 Å². The number of carbonyl (C=O) groups is 1. The van der Waals surface area contributed by atoms with Crippen molar-refractivity contribution in [1.29, 1.82) is 0 Å². The summed E-state index contributed by atoms with van der Waals surface area (Å²) in [6.45, 7) is 7.98. The Kier molecular flexibility index (Phi) is 5.12. The summed E-state index contributed by atoms with van der Waals surface area (Å²) in [5.41, 5.74) is 3.59. The summed E-state index contributed by atoms with van der Waals surface area (Å²) in [5, 5.41) is 11.0. The van der Waals surface area contributed by atoms with Crippen molar-refractivity contribution in [1.82, 2.24) is 14.8 Å². The minimum Gasteiger partial charge on any atom is -0.389 e. The zero-order valence-electron chi connectivity index (χ0n) is 16.0. The minimum atomic E-state index is -0.429. The van der Waals surface area contributed by atoms with Gasteiger partial charge in [-0.15, -0.1) is 0 Å². The minimum absolute atomic E-state index is 0.0479. The van der Waals surface area contributed by atoms with E-state index in [1.807, 2.05) is 43.0 Å². The summed E-state index contributed by atoms with van der Waals surface area (Å²) in [6, 6.07) is 7.95. The number of carbonyl (C=O) groups excluding carboxylic acids is 1. The third kappa shape index (κ3) is 3.57. The number of rotatable bonds is 2. The number of aryl methyl sites for hydroxylation is 2. The van der Waals surface area contributed by atoms with Gasteiger partial charge in [0.1, 0.15) is 0 Å². The Balaban J connectivity index is 1.57. The Bertz CT molecular complexity index is 854. The first kappa shape index (κ1) is 18.3. The zero-order chi connectivity index (χ0) is 19.0. The second-order valence-corrected chi connectivity index (χ2v) is 7.64. The molecule has 1 N–H and O–H groups in total. The molecular formula is C21H27N3O3. The summed E-state index contributed by atoms with van der Waals surface area (Å²) < 4.78 is 5.40. The quantitative estimate of drug-likeness (QED) is 0.874. The van der Waals surface area contributed by atoms with Crippen molar-refractivity contribution >= 4 is 16.8 Å². The number of hydrogen-bond donors (Lipinski definition) is 1. The molecule has 1 aromatic carbocycles. The molecule has 0 bridgehead atoms. The van der Waals surface area contributed by atoms with Gasteiger partial charge in [-0.2, -0.15) is 0 Å². The SMILES string of the molecule is Cc1cc(C(=O)N2CCCN([C@@H]3COC[C@H]3O)CC2)c2cccc(C)c2n1. The van der Waals surface area contributed by atoms with Crippen LogP contribution in [0.5, 0.6) is 0 Å². The largest absolute Gasteiger partial charge is 0.389 e. The van der Waals surface area contributed by atoms with E-state index in [4.69, 9.17) is 4.74 Å². The normalized spacial score (nSPS) is 24.3. The van der Waals surface area contributed by atoms with Gasteiger partial charge in [-0.3, -0.25) is 14.7 Å². The van der Waals surface area contributed by atoms with Gasteiger partial charge < -0.3 is 14.7 Å². The number of para-hydroxylation sites is 1. The van der Waals surface area contributed by atoms with Crippen molar-refractivity contribution < 1.29 is 14.6 Å². The van der Waals surface area contributed by atoms with Crippen molar-refractivity contribution in [2.24, 2.45) is 0 Å². The molecule has 0 radical (unpaired) electrons. The van der Waals surface area contributed by atoms with Crippen LogP contribution in [-0.4, -0.2) is 77.3 Å². The number of nitrogens with zero attached hydrogens (tertiary/aromatic N) is 3. The van der Waals surface area contributed by atoms with Crippen molar-refractivity contribution in [3.8, 4) is 0 Å². The molecule has 1 aromatic heterocycles. The lowest BCUT2D eigenvalue weighted by Gasteiger charge is -2.28. The lowest BCUT2D eigenvalue weighted by Crippen LogP contribution is -2.45. The number of aliphatic hydroxyl groups is 1.